The van der Waals surface area contributed by atoms with Crippen molar-refractivity contribution in [2.24, 2.45) is 10.9 Å². The van der Waals surface area contributed by atoms with E-state index in [1.807, 2.05) is 45.0 Å². The number of ether oxygens (including phenoxy) is 2. The lowest BCUT2D eigenvalue weighted by molar-refractivity contribution is 0.114. The second-order valence-corrected chi connectivity index (χ2v) is 6.87. The van der Waals surface area contributed by atoms with Crippen molar-refractivity contribution in [1.29, 1.82) is 0 Å². The molecule has 3 N–H and O–H groups in total. The van der Waals surface area contributed by atoms with Crippen molar-refractivity contribution in [3.8, 4) is 5.75 Å². The Morgan fingerprint density at radius 1 is 1.11 bits per heavy atom. The Hall–Kier alpha value is -1.06. The number of rotatable bonds is 11. The third-order valence-electron chi connectivity index (χ3n) is 3.39. The smallest absolute Gasteiger partial charge is 0.191 e. The van der Waals surface area contributed by atoms with Crippen molar-refractivity contribution in [1.82, 2.24) is 10.6 Å². The first-order valence-corrected chi connectivity index (χ1v) is 9.47. The molecule has 0 amide bonds. The number of benzene rings is 1. The maximum absolute atomic E-state index is 10.4. The fraction of sp³-hybridized carbons (Fsp3) is 0.650. The van der Waals surface area contributed by atoms with Gasteiger partial charge in [-0.15, -0.1) is 24.0 Å². The van der Waals surface area contributed by atoms with Crippen LogP contribution in [0.3, 0.4) is 0 Å². The molecule has 1 atom stereocenters. The average Bonchev–Trinajstić information content (AvgIpc) is 2.58. The summed E-state index contributed by atoms with van der Waals surface area (Å²) in [7, 11) is 0. The number of hydrogen-bond acceptors (Lipinski definition) is 4. The molecule has 0 heterocycles. The number of guanidine groups is 1. The van der Waals surface area contributed by atoms with Crippen molar-refractivity contribution in [3.05, 3.63) is 29.8 Å². The van der Waals surface area contributed by atoms with Crippen LogP contribution in [0.25, 0.3) is 0 Å². The molecule has 0 aromatic heterocycles. The van der Waals surface area contributed by atoms with Gasteiger partial charge in [0.15, 0.2) is 5.96 Å². The van der Waals surface area contributed by atoms with Crippen LogP contribution in [0, 0.1) is 5.92 Å². The van der Waals surface area contributed by atoms with Crippen molar-refractivity contribution in [3.63, 3.8) is 0 Å². The molecular weight excluding hydrogens is 457 g/mol. The van der Waals surface area contributed by atoms with E-state index >= 15 is 0 Å². The summed E-state index contributed by atoms with van der Waals surface area (Å²) in [6.45, 7) is 13.3. The summed E-state index contributed by atoms with van der Waals surface area (Å²) in [4.78, 5) is 4.45. The molecule has 0 radical (unpaired) electrons. The van der Waals surface area contributed by atoms with Crippen molar-refractivity contribution < 1.29 is 14.6 Å². The van der Waals surface area contributed by atoms with Gasteiger partial charge in [0.1, 0.15) is 5.75 Å². The molecule has 0 saturated heterocycles. The molecule has 0 saturated carbocycles. The van der Waals surface area contributed by atoms with Crippen LogP contribution in [0.2, 0.25) is 0 Å². The Labute approximate surface area is 181 Å². The lowest BCUT2D eigenvalue weighted by Gasteiger charge is -2.14. The minimum Gasteiger partial charge on any atom is -0.491 e. The van der Waals surface area contributed by atoms with Gasteiger partial charge in [-0.05, 0) is 44.4 Å². The van der Waals surface area contributed by atoms with Gasteiger partial charge in [0.25, 0.3) is 0 Å². The van der Waals surface area contributed by atoms with E-state index in [0.717, 1.165) is 24.5 Å². The highest BCUT2D eigenvalue weighted by Crippen LogP contribution is 2.19. The first-order chi connectivity index (χ1) is 12.4. The number of aliphatic hydroxyl groups excluding tert-OH is 1. The van der Waals surface area contributed by atoms with Crippen LogP contribution >= 0.6 is 24.0 Å². The number of nitrogens with one attached hydrogen (secondary N) is 2. The number of halogens is 1. The van der Waals surface area contributed by atoms with Crippen LogP contribution in [0.15, 0.2) is 29.3 Å². The first-order valence-electron chi connectivity index (χ1n) is 9.47. The number of hydrogen-bond donors (Lipinski definition) is 3. The highest BCUT2D eigenvalue weighted by molar-refractivity contribution is 14.0. The molecule has 0 spiro atoms. The van der Waals surface area contributed by atoms with E-state index in [1.165, 1.54) is 0 Å². The van der Waals surface area contributed by atoms with Gasteiger partial charge < -0.3 is 25.2 Å². The molecule has 1 aromatic carbocycles. The molecule has 1 aromatic rings. The fourth-order valence-corrected chi connectivity index (χ4v) is 2.23. The highest BCUT2D eigenvalue weighted by atomic mass is 127. The second-order valence-electron chi connectivity index (χ2n) is 6.87. The van der Waals surface area contributed by atoms with Crippen LogP contribution in [-0.2, 0) is 4.74 Å². The summed E-state index contributed by atoms with van der Waals surface area (Å²) < 4.78 is 11.2. The van der Waals surface area contributed by atoms with Gasteiger partial charge in [-0.2, -0.15) is 0 Å². The minimum absolute atomic E-state index is 0. The van der Waals surface area contributed by atoms with Crippen LogP contribution in [-0.4, -0.2) is 50.0 Å². The Morgan fingerprint density at radius 3 is 2.33 bits per heavy atom. The van der Waals surface area contributed by atoms with Gasteiger partial charge in [-0.1, -0.05) is 26.0 Å². The largest absolute Gasteiger partial charge is 0.491 e. The minimum atomic E-state index is -0.657. The molecule has 1 unspecified atom stereocenters. The van der Waals surface area contributed by atoms with Crippen LogP contribution < -0.4 is 15.4 Å². The van der Waals surface area contributed by atoms with Gasteiger partial charge in [-0.25, -0.2) is 0 Å². The molecule has 7 heteroatoms. The fourth-order valence-electron chi connectivity index (χ4n) is 2.23. The summed E-state index contributed by atoms with van der Waals surface area (Å²) in [6.07, 6.45) is -0.524. The lowest BCUT2D eigenvalue weighted by Crippen LogP contribution is -2.39. The van der Waals surface area contributed by atoms with E-state index in [9.17, 15) is 5.11 Å². The van der Waals surface area contributed by atoms with Crippen molar-refractivity contribution in [2.75, 3.05) is 32.8 Å². The second kappa shape index (κ2) is 14.9. The summed E-state index contributed by atoms with van der Waals surface area (Å²) in [5.41, 5.74) is 0.820. The average molecular weight is 493 g/mol. The Kier molecular flexibility index (Phi) is 14.3. The molecule has 0 aliphatic heterocycles. The van der Waals surface area contributed by atoms with E-state index in [1.54, 1.807) is 0 Å². The summed E-state index contributed by atoms with van der Waals surface area (Å²) in [6, 6.07) is 7.49. The lowest BCUT2D eigenvalue weighted by atomic mass is 10.1. The quantitative estimate of drug-likeness (QED) is 0.191. The molecule has 0 fully saturated rings. The van der Waals surface area contributed by atoms with Crippen LogP contribution in [0.5, 0.6) is 5.75 Å². The Bertz CT molecular complexity index is 522. The molecule has 0 aliphatic carbocycles. The number of aliphatic imine (C=N–C) groups is 1. The zero-order valence-electron chi connectivity index (χ0n) is 17.2. The Morgan fingerprint density at radius 2 is 1.78 bits per heavy atom. The number of aliphatic hydroxyl groups is 1. The monoisotopic (exact) mass is 493 g/mol. The highest BCUT2D eigenvalue weighted by Gasteiger charge is 2.08. The number of nitrogens with zero attached hydrogens (tertiary/aromatic N) is 1. The standard InChI is InChI=1S/C20H35N3O3.HI/c1-6-21-20(22-11-12-25-14-15(2)3)23-13-19(24)17-7-9-18(10-8-17)26-16(4)5;/h7-10,15-16,19,24H,6,11-14H2,1-5H3,(H2,21,22,23);1H. The molecular formula is C20H36IN3O3. The maximum atomic E-state index is 10.4. The van der Waals surface area contributed by atoms with Crippen LogP contribution in [0.1, 0.15) is 46.3 Å². The van der Waals surface area contributed by atoms with Gasteiger partial charge in [0.2, 0.25) is 0 Å². The maximum Gasteiger partial charge on any atom is 0.191 e. The molecule has 1 rings (SSSR count). The van der Waals surface area contributed by atoms with Gasteiger partial charge in [0.05, 0.1) is 25.4 Å². The normalized spacial score (nSPS) is 12.7. The van der Waals surface area contributed by atoms with E-state index in [0.29, 0.717) is 25.0 Å². The summed E-state index contributed by atoms with van der Waals surface area (Å²) in [5.74, 6) is 2.01. The van der Waals surface area contributed by atoms with Crippen LogP contribution in [0.4, 0.5) is 0 Å². The zero-order valence-corrected chi connectivity index (χ0v) is 19.5. The predicted octanol–water partition coefficient (Wildman–Crippen LogP) is 3.35. The van der Waals surface area contributed by atoms with Gasteiger partial charge in [-0.3, -0.25) is 4.99 Å². The summed E-state index contributed by atoms with van der Waals surface area (Å²) in [5, 5.41) is 16.7. The van der Waals surface area contributed by atoms with Crippen molar-refractivity contribution >= 4 is 29.9 Å². The zero-order chi connectivity index (χ0) is 19.4. The predicted molar refractivity (Wildman–Crippen MR) is 122 cm³/mol. The van der Waals surface area contributed by atoms with Crippen molar-refractivity contribution in [2.45, 2.75) is 46.8 Å². The van der Waals surface area contributed by atoms with E-state index in [-0.39, 0.29) is 36.6 Å². The van der Waals surface area contributed by atoms with E-state index < -0.39 is 6.10 Å². The molecule has 27 heavy (non-hydrogen) atoms. The molecule has 0 bridgehead atoms. The topological polar surface area (TPSA) is 75.1 Å². The molecule has 6 nitrogen and oxygen atoms in total. The molecule has 156 valence electrons. The SMILES string of the molecule is CCNC(=NCC(O)c1ccc(OC(C)C)cc1)NCCOCC(C)C.I. The third-order valence-corrected chi connectivity index (χ3v) is 3.39. The van der Waals surface area contributed by atoms with E-state index in [4.69, 9.17) is 9.47 Å². The van der Waals surface area contributed by atoms with Gasteiger partial charge in [0, 0.05) is 19.7 Å². The van der Waals surface area contributed by atoms with Gasteiger partial charge >= 0.3 is 0 Å². The van der Waals surface area contributed by atoms with E-state index in [2.05, 4.69) is 29.5 Å². The first kappa shape index (κ1) is 25.9. The molecule has 0 aliphatic rings. The summed E-state index contributed by atoms with van der Waals surface area (Å²) >= 11 is 0. The Balaban J connectivity index is 0.00000676. The third kappa shape index (κ3) is 12.1.